The highest BCUT2D eigenvalue weighted by Gasteiger charge is 1.98. The highest BCUT2D eigenvalue weighted by Crippen LogP contribution is 2.15. The number of hydrogen-bond donors (Lipinski definition) is 2. The van der Waals surface area contributed by atoms with E-state index in [1.54, 1.807) is 0 Å². The second kappa shape index (κ2) is 14.2. The van der Waals surface area contributed by atoms with Gasteiger partial charge in [0.1, 0.15) is 12.4 Å². The topological polar surface area (TPSA) is 33.3 Å². The molecule has 2 rings (SSSR count). The highest BCUT2D eigenvalue weighted by molar-refractivity contribution is 6.30. The third-order valence-corrected chi connectivity index (χ3v) is 3.78. The van der Waals surface area contributed by atoms with Gasteiger partial charge in [0.2, 0.25) is 0 Å². The van der Waals surface area contributed by atoms with Crippen molar-refractivity contribution in [3.8, 4) is 5.75 Å². The van der Waals surface area contributed by atoms with Gasteiger partial charge in [0.05, 0.1) is 0 Å². The molecule has 0 fully saturated rings. The summed E-state index contributed by atoms with van der Waals surface area (Å²) in [5.41, 5.74) is 2.38. The van der Waals surface area contributed by atoms with Crippen LogP contribution in [-0.2, 0) is 13.2 Å². The van der Waals surface area contributed by atoms with Crippen molar-refractivity contribution in [2.75, 3.05) is 19.6 Å². The molecule has 0 radical (unpaired) electrons. The minimum absolute atomic E-state index is 0. The van der Waals surface area contributed by atoms with Crippen LogP contribution in [0.15, 0.2) is 48.5 Å². The van der Waals surface area contributed by atoms with Crippen LogP contribution in [0.2, 0.25) is 5.02 Å². The summed E-state index contributed by atoms with van der Waals surface area (Å²) in [5.74, 6) is 0.885. The molecule has 0 aliphatic carbocycles. The van der Waals surface area contributed by atoms with Gasteiger partial charge in [-0.2, -0.15) is 0 Å². The van der Waals surface area contributed by atoms with E-state index in [4.69, 9.17) is 16.3 Å². The number of benzene rings is 2. The van der Waals surface area contributed by atoms with Crippen LogP contribution < -0.4 is 15.4 Å². The normalized spacial score (nSPS) is 9.84. The second-order valence-electron chi connectivity index (χ2n) is 5.44. The van der Waals surface area contributed by atoms with E-state index >= 15 is 0 Å². The summed E-state index contributed by atoms with van der Waals surface area (Å²) >= 11 is 5.87. The van der Waals surface area contributed by atoms with E-state index < -0.39 is 0 Å². The van der Waals surface area contributed by atoms with Gasteiger partial charge in [-0.15, -0.1) is 24.8 Å². The van der Waals surface area contributed by atoms with Crippen molar-refractivity contribution in [3.63, 3.8) is 0 Å². The quantitative estimate of drug-likeness (QED) is 0.554. The van der Waals surface area contributed by atoms with E-state index in [-0.39, 0.29) is 24.8 Å². The molecule has 0 saturated heterocycles. The molecule has 0 aromatic heterocycles. The van der Waals surface area contributed by atoms with Gasteiger partial charge in [0, 0.05) is 11.6 Å². The van der Waals surface area contributed by atoms with Gasteiger partial charge in [-0.3, -0.25) is 0 Å². The number of hydrogen-bond acceptors (Lipinski definition) is 3. The fourth-order valence-corrected chi connectivity index (χ4v) is 2.32. The van der Waals surface area contributed by atoms with Crippen LogP contribution in [0.5, 0.6) is 5.75 Å². The lowest BCUT2D eigenvalue weighted by Crippen LogP contribution is -2.21. The third kappa shape index (κ3) is 9.93. The zero-order valence-corrected chi connectivity index (χ0v) is 16.9. The average Bonchev–Trinajstić information content (AvgIpc) is 2.58. The van der Waals surface area contributed by atoms with E-state index in [2.05, 4.69) is 29.7 Å². The Balaban J connectivity index is 0.00000288. The second-order valence-corrected chi connectivity index (χ2v) is 5.88. The molecule has 140 valence electrons. The van der Waals surface area contributed by atoms with Crippen molar-refractivity contribution < 1.29 is 4.74 Å². The zero-order chi connectivity index (χ0) is 16.3. The third-order valence-electron chi connectivity index (χ3n) is 3.53. The maximum Gasteiger partial charge on any atom is 0.119 e. The van der Waals surface area contributed by atoms with Crippen molar-refractivity contribution in [1.29, 1.82) is 0 Å². The molecular formula is C19H27Cl3N2O. The lowest BCUT2D eigenvalue weighted by molar-refractivity contribution is 0.306. The predicted octanol–water partition coefficient (Wildman–Crippen LogP) is 4.85. The first-order chi connectivity index (χ1) is 11.3. The fraction of sp³-hybridized carbons (Fsp3) is 0.368. The van der Waals surface area contributed by atoms with Gasteiger partial charge >= 0.3 is 0 Å². The Labute approximate surface area is 168 Å². The van der Waals surface area contributed by atoms with Crippen molar-refractivity contribution in [3.05, 3.63) is 64.7 Å². The van der Waals surface area contributed by atoms with E-state index in [1.165, 1.54) is 5.56 Å². The van der Waals surface area contributed by atoms with Crippen LogP contribution in [-0.4, -0.2) is 19.6 Å². The minimum atomic E-state index is 0. The highest BCUT2D eigenvalue weighted by atomic mass is 35.5. The molecule has 2 N–H and O–H groups in total. The Morgan fingerprint density at radius 1 is 0.840 bits per heavy atom. The maximum atomic E-state index is 5.87. The molecule has 0 unspecified atom stereocenters. The fourth-order valence-electron chi connectivity index (χ4n) is 2.20. The molecule has 3 nitrogen and oxygen atoms in total. The Hall–Kier alpha value is -0.970. The largest absolute Gasteiger partial charge is 0.489 e. The van der Waals surface area contributed by atoms with Crippen molar-refractivity contribution in [2.45, 2.75) is 26.5 Å². The van der Waals surface area contributed by atoms with E-state index in [1.807, 2.05) is 36.4 Å². The number of halogens is 3. The van der Waals surface area contributed by atoms with Crippen LogP contribution in [0, 0.1) is 0 Å². The van der Waals surface area contributed by atoms with Crippen LogP contribution in [0.3, 0.4) is 0 Å². The minimum Gasteiger partial charge on any atom is -0.489 e. The van der Waals surface area contributed by atoms with Crippen LogP contribution in [0.4, 0.5) is 0 Å². The Bertz CT molecular complexity index is 562. The molecule has 0 saturated carbocycles. The van der Waals surface area contributed by atoms with Gasteiger partial charge in [0.15, 0.2) is 0 Å². The summed E-state index contributed by atoms with van der Waals surface area (Å²) in [6.07, 6.45) is 1.15. The summed E-state index contributed by atoms with van der Waals surface area (Å²) in [6, 6.07) is 16.0. The lowest BCUT2D eigenvalue weighted by Gasteiger charge is -2.08. The SMILES string of the molecule is CCNCCCNCc1ccc(OCc2ccc(Cl)cc2)cc1.Cl.Cl. The van der Waals surface area contributed by atoms with Crippen LogP contribution >= 0.6 is 36.4 Å². The predicted molar refractivity (Wildman–Crippen MR) is 112 cm³/mol. The van der Waals surface area contributed by atoms with Crippen LogP contribution in [0.1, 0.15) is 24.5 Å². The molecule has 0 aliphatic rings. The van der Waals surface area contributed by atoms with Gasteiger partial charge in [-0.25, -0.2) is 0 Å². The van der Waals surface area contributed by atoms with Gasteiger partial charge < -0.3 is 15.4 Å². The monoisotopic (exact) mass is 404 g/mol. The molecule has 0 amide bonds. The Kier molecular flexibility index (Phi) is 13.7. The number of rotatable bonds is 10. The molecule has 0 heterocycles. The molecule has 2 aromatic rings. The maximum absolute atomic E-state index is 5.87. The van der Waals surface area contributed by atoms with Gasteiger partial charge in [-0.05, 0) is 61.4 Å². The van der Waals surface area contributed by atoms with Gasteiger partial charge in [0.25, 0.3) is 0 Å². The first-order valence-corrected chi connectivity index (χ1v) is 8.53. The number of ether oxygens (including phenoxy) is 1. The van der Waals surface area contributed by atoms with Gasteiger partial charge in [-0.1, -0.05) is 42.8 Å². The molecule has 0 spiro atoms. The molecular weight excluding hydrogens is 379 g/mol. The molecule has 0 aliphatic heterocycles. The molecule has 2 aromatic carbocycles. The standard InChI is InChI=1S/C19H25ClN2O.2ClH/c1-2-21-12-3-13-22-14-16-6-10-19(11-7-16)23-15-17-4-8-18(20)9-5-17;;/h4-11,21-22H,2-3,12-15H2,1H3;2*1H. The first-order valence-electron chi connectivity index (χ1n) is 8.15. The summed E-state index contributed by atoms with van der Waals surface area (Å²) in [4.78, 5) is 0. The van der Waals surface area contributed by atoms with E-state index in [0.29, 0.717) is 6.61 Å². The smallest absolute Gasteiger partial charge is 0.119 e. The zero-order valence-electron chi connectivity index (χ0n) is 14.5. The Morgan fingerprint density at radius 2 is 1.44 bits per heavy atom. The molecule has 0 atom stereocenters. The summed E-state index contributed by atoms with van der Waals surface area (Å²) in [5, 5.41) is 7.52. The molecule has 25 heavy (non-hydrogen) atoms. The number of nitrogens with one attached hydrogen (secondary N) is 2. The average molecular weight is 406 g/mol. The Morgan fingerprint density at radius 3 is 2.08 bits per heavy atom. The first kappa shape index (κ1) is 24.0. The lowest BCUT2D eigenvalue weighted by atomic mass is 10.2. The summed E-state index contributed by atoms with van der Waals surface area (Å²) in [6.45, 7) is 6.72. The van der Waals surface area contributed by atoms with Crippen LogP contribution in [0.25, 0.3) is 0 Å². The van der Waals surface area contributed by atoms with Crippen molar-refractivity contribution >= 4 is 36.4 Å². The van der Waals surface area contributed by atoms with E-state index in [9.17, 15) is 0 Å². The summed E-state index contributed by atoms with van der Waals surface area (Å²) in [7, 11) is 0. The summed E-state index contributed by atoms with van der Waals surface area (Å²) < 4.78 is 5.79. The van der Waals surface area contributed by atoms with Crippen molar-refractivity contribution in [1.82, 2.24) is 10.6 Å². The van der Waals surface area contributed by atoms with E-state index in [0.717, 1.165) is 48.9 Å². The molecule has 6 heteroatoms. The molecule has 0 bridgehead atoms. The van der Waals surface area contributed by atoms with Crippen molar-refractivity contribution in [2.24, 2.45) is 0 Å².